The zero-order valence-electron chi connectivity index (χ0n) is 17.1. The lowest BCUT2D eigenvalue weighted by molar-refractivity contribution is 0.0761. The molecule has 0 saturated carbocycles. The maximum atomic E-state index is 12.3. The number of carbonyl (C=O) groups excluding carboxylic acids is 1. The lowest BCUT2D eigenvalue weighted by atomic mass is 10.1. The predicted octanol–water partition coefficient (Wildman–Crippen LogP) is 1.70. The Bertz CT molecular complexity index is 835. The molecule has 1 aromatic carbocycles. The van der Waals surface area contributed by atoms with Crippen LogP contribution in [0.1, 0.15) is 34.9 Å². The van der Waals surface area contributed by atoms with E-state index in [9.17, 15) is 4.79 Å². The Kier molecular flexibility index (Phi) is 7.37. The Labute approximate surface area is 171 Å². The molecule has 1 amide bonds. The van der Waals surface area contributed by atoms with E-state index in [0.29, 0.717) is 5.69 Å². The first-order chi connectivity index (χ1) is 14.1. The summed E-state index contributed by atoms with van der Waals surface area (Å²) in [6.45, 7) is 2.94. The summed E-state index contributed by atoms with van der Waals surface area (Å²) in [5.74, 6) is 0.643. The van der Waals surface area contributed by atoms with Gasteiger partial charge in [-0.2, -0.15) is 0 Å². The topological polar surface area (TPSA) is 83.7 Å². The van der Waals surface area contributed by atoms with E-state index in [1.807, 2.05) is 24.3 Å². The van der Waals surface area contributed by atoms with Gasteiger partial charge in [0.25, 0.3) is 5.91 Å². The highest BCUT2D eigenvalue weighted by molar-refractivity contribution is 5.91. The van der Waals surface area contributed by atoms with Gasteiger partial charge in [-0.05, 0) is 25.5 Å². The SMILES string of the molecule is COc1ccccc1C=CCN1CCCC(n2cc(C(=O)N(C)CCO)nn2)C1. The van der Waals surface area contributed by atoms with E-state index < -0.39 is 0 Å². The van der Waals surface area contributed by atoms with Crippen molar-refractivity contribution in [1.29, 1.82) is 0 Å². The Morgan fingerprint density at radius 1 is 1.41 bits per heavy atom. The van der Waals surface area contributed by atoms with Crippen molar-refractivity contribution in [2.45, 2.75) is 18.9 Å². The van der Waals surface area contributed by atoms with E-state index in [2.05, 4.69) is 27.4 Å². The minimum Gasteiger partial charge on any atom is -0.496 e. The second-order valence-corrected chi connectivity index (χ2v) is 7.23. The van der Waals surface area contributed by atoms with Gasteiger partial charge in [0.2, 0.25) is 0 Å². The van der Waals surface area contributed by atoms with E-state index >= 15 is 0 Å². The van der Waals surface area contributed by atoms with Gasteiger partial charge in [-0.25, -0.2) is 4.68 Å². The second kappa shape index (κ2) is 10.2. The van der Waals surface area contributed by atoms with Gasteiger partial charge >= 0.3 is 0 Å². The smallest absolute Gasteiger partial charge is 0.275 e. The molecule has 1 N–H and O–H groups in total. The molecule has 1 fully saturated rings. The first kappa shape index (κ1) is 21.0. The zero-order valence-corrected chi connectivity index (χ0v) is 17.1. The lowest BCUT2D eigenvalue weighted by Crippen LogP contribution is -2.36. The number of nitrogens with zero attached hydrogens (tertiary/aromatic N) is 5. The van der Waals surface area contributed by atoms with Crippen LogP contribution < -0.4 is 4.74 Å². The average molecular weight is 399 g/mol. The summed E-state index contributed by atoms with van der Waals surface area (Å²) in [4.78, 5) is 16.1. The number of aliphatic hydroxyl groups is 1. The van der Waals surface area contributed by atoms with Crippen molar-refractivity contribution in [3.05, 3.63) is 47.8 Å². The quantitative estimate of drug-likeness (QED) is 0.727. The van der Waals surface area contributed by atoms with Gasteiger partial charge in [-0.1, -0.05) is 35.6 Å². The van der Waals surface area contributed by atoms with Crippen molar-refractivity contribution in [1.82, 2.24) is 24.8 Å². The molecule has 1 saturated heterocycles. The van der Waals surface area contributed by atoms with Crippen LogP contribution in [0.25, 0.3) is 6.08 Å². The van der Waals surface area contributed by atoms with Crippen LogP contribution in [0.5, 0.6) is 5.75 Å². The molecule has 156 valence electrons. The highest BCUT2D eigenvalue weighted by atomic mass is 16.5. The van der Waals surface area contributed by atoms with Gasteiger partial charge in [-0.15, -0.1) is 5.10 Å². The predicted molar refractivity (Wildman–Crippen MR) is 111 cm³/mol. The third-order valence-electron chi connectivity index (χ3n) is 5.17. The number of aliphatic hydroxyl groups excluding tert-OH is 1. The summed E-state index contributed by atoms with van der Waals surface area (Å²) in [5, 5.41) is 17.2. The van der Waals surface area contributed by atoms with Gasteiger partial charge in [0.15, 0.2) is 5.69 Å². The summed E-state index contributed by atoms with van der Waals surface area (Å²) in [7, 11) is 3.33. The molecule has 1 atom stereocenters. The first-order valence-corrected chi connectivity index (χ1v) is 9.92. The molecule has 1 aliphatic rings. The van der Waals surface area contributed by atoms with Crippen LogP contribution in [0.4, 0.5) is 0 Å². The molecule has 0 aliphatic carbocycles. The number of benzene rings is 1. The number of rotatable bonds is 8. The monoisotopic (exact) mass is 399 g/mol. The molecule has 2 aromatic rings. The Morgan fingerprint density at radius 3 is 3.03 bits per heavy atom. The fraction of sp³-hybridized carbons (Fsp3) is 0.476. The van der Waals surface area contributed by atoms with Gasteiger partial charge in [0.1, 0.15) is 5.75 Å². The minimum atomic E-state index is -0.224. The highest BCUT2D eigenvalue weighted by Gasteiger charge is 2.23. The van der Waals surface area contributed by atoms with Gasteiger partial charge in [0, 0.05) is 32.2 Å². The highest BCUT2D eigenvalue weighted by Crippen LogP contribution is 2.22. The summed E-state index contributed by atoms with van der Waals surface area (Å²) in [5.41, 5.74) is 1.38. The fourth-order valence-corrected chi connectivity index (χ4v) is 3.55. The normalized spacial score (nSPS) is 17.6. The van der Waals surface area contributed by atoms with Crippen LogP contribution in [0.15, 0.2) is 36.5 Å². The van der Waals surface area contributed by atoms with Crippen molar-refractivity contribution < 1.29 is 14.6 Å². The molecular weight excluding hydrogens is 370 g/mol. The average Bonchev–Trinajstić information content (AvgIpc) is 3.24. The maximum absolute atomic E-state index is 12.3. The number of carbonyl (C=O) groups is 1. The zero-order chi connectivity index (χ0) is 20.6. The summed E-state index contributed by atoms with van der Waals surface area (Å²) in [6.07, 6.45) is 8.04. The molecule has 3 rings (SSSR count). The molecule has 0 radical (unpaired) electrons. The molecule has 29 heavy (non-hydrogen) atoms. The molecule has 8 nitrogen and oxygen atoms in total. The number of hydrogen-bond donors (Lipinski definition) is 1. The number of hydrogen-bond acceptors (Lipinski definition) is 6. The minimum absolute atomic E-state index is 0.0731. The number of aromatic nitrogens is 3. The van der Waals surface area contributed by atoms with E-state index in [4.69, 9.17) is 9.84 Å². The first-order valence-electron chi connectivity index (χ1n) is 9.92. The van der Waals surface area contributed by atoms with E-state index in [0.717, 1.165) is 43.8 Å². The van der Waals surface area contributed by atoms with Gasteiger partial charge in [0.05, 0.1) is 26.0 Å². The third-order valence-corrected chi connectivity index (χ3v) is 5.17. The van der Waals surface area contributed by atoms with E-state index in [-0.39, 0.29) is 25.1 Å². The molecule has 1 unspecified atom stereocenters. The Morgan fingerprint density at radius 2 is 2.24 bits per heavy atom. The third kappa shape index (κ3) is 5.42. The van der Waals surface area contributed by atoms with Crippen molar-refractivity contribution in [2.24, 2.45) is 0 Å². The van der Waals surface area contributed by atoms with Crippen molar-refractivity contribution in [2.75, 3.05) is 46.9 Å². The van der Waals surface area contributed by atoms with E-state index in [1.165, 1.54) is 4.90 Å². The molecule has 0 spiro atoms. The Hall–Kier alpha value is -2.71. The Balaban J connectivity index is 1.58. The number of likely N-dealkylation sites (N-methyl/N-ethyl adjacent to an activating group) is 1. The largest absolute Gasteiger partial charge is 0.496 e. The summed E-state index contributed by atoms with van der Waals surface area (Å²) >= 11 is 0. The number of likely N-dealkylation sites (tertiary alicyclic amines) is 1. The molecule has 1 aliphatic heterocycles. The van der Waals surface area contributed by atoms with Crippen molar-refractivity contribution in [3.63, 3.8) is 0 Å². The van der Waals surface area contributed by atoms with Crippen LogP contribution >= 0.6 is 0 Å². The standard InChI is InChI=1S/C21H29N5O3/c1-24(13-14-27)21(28)19-16-26(23-22-19)18-9-6-12-25(15-18)11-5-8-17-7-3-4-10-20(17)29-2/h3-5,7-8,10,16,18,27H,6,9,11-15H2,1-2H3. The van der Waals surface area contributed by atoms with Crippen LogP contribution in [0, 0.1) is 0 Å². The lowest BCUT2D eigenvalue weighted by Gasteiger charge is -2.31. The maximum Gasteiger partial charge on any atom is 0.275 e. The van der Waals surface area contributed by atoms with Gasteiger partial charge < -0.3 is 14.7 Å². The summed E-state index contributed by atoms with van der Waals surface area (Å²) in [6, 6.07) is 8.15. The molecule has 0 bridgehead atoms. The number of piperidine rings is 1. The molecule has 2 heterocycles. The molecular formula is C21H29N5O3. The fourth-order valence-electron chi connectivity index (χ4n) is 3.55. The number of methoxy groups -OCH3 is 1. The molecule has 8 heteroatoms. The van der Waals surface area contributed by atoms with Crippen LogP contribution in [-0.4, -0.2) is 82.8 Å². The summed E-state index contributed by atoms with van der Waals surface area (Å²) < 4.78 is 7.19. The number of para-hydroxylation sites is 1. The van der Waals surface area contributed by atoms with Crippen molar-refractivity contribution in [3.8, 4) is 5.75 Å². The van der Waals surface area contributed by atoms with Crippen molar-refractivity contribution >= 4 is 12.0 Å². The number of amides is 1. The van der Waals surface area contributed by atoms with Crippen LogP contribution in [0.2, 0.25) is 0 Å². The van der Waals surface area contributed by atoms with Crippen LogP contribution in [0.3, 0.4) is 0 Å². The van der Waals surface area contributed by atoms with E-state index in [1.54, 1.807) is 25.0 Å². The van der Waals surface area contributed by atoms with Gasteiger partial charge in [-0.3, -0.25) is 9.69 Å². The number of ether oxygens (including phenoxy) is 1. The molecule has 1 aromatic heterocycles. The second-order valence-electron chi connectivity index (χ2n) is 7.23. The van der Waals surface area contributed by atoms with Crippen LogP contribution in [-0.2, 0) is 0 Å².